The lowest BCUT2D eigenvalue weighted by Crippen LogP contribution is -2.41. The van der Waals surface area contributed by atoms with E-state index in [-0.39, 0.29) is 16.7 Å². The third-order valence-electron chi connectivity index (χ3n) is 5.40. The zero-order valence-electron chi connectivity index (χ0n) is 16.4. The van der Waals surface area contributed by atoms with E-state index < -0.39 is 10.0 Å². The van der Waals surface area contributed by atoms with E-state index in [1.165, 1.54) is 10.5 Å². The average Bonchev–Trinajstić information content (AvgIpc) is 3.33. The topological polar surface area (TPSA) is 79.4 Å². The molecule has 1 saturated heterocycles. The van der Waals surface area contributed by atoms with Gasteiger partial charge in [0.25, 0.3) is 5.91 Å². The summed E-state index contributed by atoms with van der Waals surface area (Å²) in [6.45, 7) is 1.45. The van der Waals surface area contributed by atoms with E-state index in [1.54, 1.807) is 29.7 Å². The Kier molecular flexibility index (Phi) is 6.26. The molecule has 3 heterocycles. The Balaban J connectivity index is 1.28. The third-order valence-corrected chi connectivity index (χ3v) is 7.96. The molecular weight excluding hydrogens is 418 g/mol. The van der Waals surface area contributed by atoms with Gasteiger partial charge < -0.3 is 5.32 Å². The lowest BCUT2D eigenvalue weighted by atomic mass is 9.98. The van der Waals surface area contributed by atoms with Gasteiger partial charge in [-0.25, -0.2) is 8.42 Å². The molecule has 1 amide bonds. The van der Waals surface area contributed by atoms with Crippen molar-refractivity contribution >= 4 is 27.3 Å². The normalized spacial score (nSPS) is 15.7. The van der Waals surface area contributed by atoms with E-state index in [9.17, 15) is 13.2 Å². The number of nitrogens with one attached hydrogen (secondary N) is 1. The van der Waals surface area contributed by atoms with Crippen LogP contribution in [0.4, 0.5) is 0 Å². The van der Waals surface area contributed by atoms with Crippen molar-refractivity contribution in [1.29, 1.82) is 0 Å². The first-order valence-electron chi connectivity index (χ1n) is 9.85. The molecule has 2 aromatic heterocycles. The van der Waals surface area contributed by atoms with Crippen LogP contribution in [0, 0.1) is 5.92 Å². The summed E-state index contributed by atoms with van der Waals surface area (Å²) in [5.74, 6) is 0.164. The smallest absolute Gasteiger partial charge is 0.251 e. The van der Waals surface area contributed by atoms with Gasteiger partial charge in [-0.3, -0.25) is 9.78 Å². The molecule has 8 heteroatoms. The standard InChI is InChI=1S/C22H23N3O3S2/c26-22(19-5-3-18(4-6-19)20-9-13-29-16-20)24-14-17-7-11-25(12-8-17)30(27,28)21-2-1-10-23-15-21/h1-6,9-10,13,15-17H,7-8,11-12,14H2,(H,24,26). The zero-order chi connectivity index (χ0) is 21.0. The summed E-state index contributed by atoms with van der Waals surface area (Å²) in [4.78, 5) is 16.6. The van der Waals surface area contributed by atoms with Crippen molar-refractivity contribution in [2.24, 2.45) is 5.92 Å². The van der Waals surface area contributed by atoms with Gasteiger partial charge in [-0.1, -0.05) is 12.1 Å². The number of carbonyl (C=O) groups excluding carboxylic acids is 1. The van der Waals surface area contributed by atoms with Crippen LogP contribution >= 0.6 is 11.3 Å². The van der Waals surface area contributed by atoms with E-state index in [1.807, 2.05) is 29.6 Å². The van der Waals surface area contributed by atoms with Crippen molar-refractivity contribution in [3.05, 3.63) is 71.2 Å². The number of hydrogen-bond acceptors (Lipinski definition) is 5. The molecule has 1 aliphatic rings. The Morgan fingerprint density at radius 1 is 1.10 bits per heavy atom. The van der Waals surface area contributed by atoms with Gasteiger partial charge in [-0.2, -0.15) is 15.6 Å². The predicted octanol–water partition coefficient (Wildman–Crippen LogP) is 3.64. The summed E-state index contributed by atoms with van der Waals surface area (Å²) in [5, 5.41) is 7.10. The van der Waals surface area contributed by atoms with Crippen LogP contribution in [0.3, 0.4) is 0 Å². The monoisotopic (exact) mass is 441 g/mol. The molecule has 0 spiro atoms. The van der Waals surface area contributed by atoms with Gasteiger partial charge in [-0.05, 0) is 71.0 Å². The summed E-state index contributed by atoms with van der Waals surface area (Å²) in [6.07, 6.45) is 4.38. The van der Waals surface area contributed by atoms with Gasteiger partial charge in [0, 0.05) is 37.6 Å². The number of rotatable bonds is 6. The van der Waals surface area contributed by atoms with Gasteiger partial charge in [0.2, 0.25) is 10.0 Å². The summed E-state index contributed by atoms with van der Waals surface area (Å²) < 4.78 is 26.9. The molecule has 1 N–H and O–H groups in total. The number of benzene rings is 1. The van der Waals surface area contributed by atoms with Gasteiger partial charge >= 0.3 is 0 Å². The van der Waals surface area contributed by atoms with Crippen molar-refractivity contribution in [2.75, 3.05) is 19.6 Å². The Hall–Kier alpha value is -2.55. The number of piperidine rings is 1. The quantitative estimate of drug-likeness (QED) is 0.633. The molecule has 0 unspecified atom stereocenters. The van der Waals surface area contributed by atoms with Crippen molar-refractivity contribution in [1.82, 2.24) is 14.6 Å². The second-order valence-corrected chi connectivity index (χ2v) is 10.1. The lowest BCUT2D eigenvalue weighted by Gasteiger charge is -2.31. The zero-order valence-corrected chi connectivity index (χ0v) is 18.0. The number of nitrogens with zero attached hydrogens (tertiary/aromatic N) is 2. The van der Waals surface area contributed by atoms with Crippen molar-refractivity contribution in [3.63, 3.8) is 0 Å². The maximum atomic E-state index is 12.7. The van der Waals surface area contributed by atoms with Gasteiger partial charge in [0.15, 0.2) is 0 Å². The van der Waals surface area contributed by atoms with Crippen LogP contribution in [0.2, 0.25) is 0 Å². The number of sulfonamides is 1. The molecular formula is C22H23N3O3S2. The Morgan fingerprint density at radius 3 is 2.50 bits per heavy atom. The fourth-order valence-electron chi connectivity index (χ4n) is 3.58. The molecule has 1 fully saturated rings. The van der Waals surface area contributed by atoms with Crippen LogP contribution in [0.15, 0.2) is 70.5 Å². The SMILES string of the molecule is O=C(NCC1CCN(S(=O)(=O)c2cccnc2)CC1)c1ccc(-c2ccsc2)cc1. The van der Waals surface area contributed by atoms with Crippen LogP contribution in [0.1, 0.15) is 23.2 Å². The highest BCUT2D eigenvalue weighted by atomic mass is 32.2. The number of pyridine rings is 1. The fourth-order valence-corrected chi connectivity index (χ4v) is 5.68. The van der Waals surface area contributed by atoms with E-state index in [0.29, 0.717) is 25.2 Å². The number of aromatic nitrogens is 1. The third kappa shape index (κ3) is 4.61. The minimum Gasteiger partial charge on any atom is -0.352 e. The number of thiophene rings is 1. The second-order valence-electron chi connectivity index (χ2n) is 7.34. The van der Waals surface area contributed by atoms with Crippen molar-refractivity contribution < 1.29 is 13.2 Å². The molecule has 30 heavy (non-hydrogen) atoms. The van der Waals surface area contributed by atoms with Gasteiger partial charge in [-0.15, -0.1) is 0 Å². The molecule has 1 aliphatic heterocycles. The number of amides is 1. The Labute approximate surface area is 180 Å². The molecule has 4 rings (SSSR count). The molecule has 0 saturated carbocycles. The Morgan fingerprint density at radius 2 is 1.87 bits per heavy atom. The number of hydrogen-bond donors (Lipinski definition) is 1. The van der Waals surface area contributed by atoms with Crippen LogP contribution in [0.5, 0.6) is 0 Å². The maximum absolute atomic E-state index is 12.7. The fraction of sp³-hybridized carbons (Fsp3) is 0.273. The summed E-state index contributed by atoms with van der Waals surface area (Å²) in [5.41, 5.74) is 2.88. The minimum absolute atomic E-state index is 0.0997. The van der Waals surface area contributed by atoms with Crippen LogP contribution < -0.4 is 5.32 Å². The molecule has 0 radical (unpaired) electrons. The van der Waals surface area contributed by atoms with Crippen LogP contribution in [-0.4, -0.2) is 43.2 Å². The van der Waals surface area contributed by atoms with Crippen LogP contribution in [-0.2, 0) is 10.0 Å². The largest absolute Gasteiger partial charge is 0.352 e. The molecule has 3 aromatic rings. The van der Waals surface area contributed by atoms with Crippen LogP contribution in [0.25, 0.3) is 11.1 Å². The molecule has 0 bridgehead atoms. The highest BCUT2D eigenvalue weighted by Crippen LogP contribution is 2.24. The molecule has 0 aliphatic carbocycles. The molecule has 6 nitrogen and oxygen atoms in total. The molecule has 156 valence electrons. The summed E-state index contributed by atoms with van der Waals surface area (Å²) in [7, 11) is -3.50. The second kappa shape index (κ2) is 9.07. The molecule has 1 aromatic carbocycles. The predicted molar refractivity (Wildman–Crippen MR) is 118 cm³/mol. The summed E-state index contributed by atoms with van der Waals surface area (Å²) >= 11 is 1.65. The van der Waals surface area contributed by atoms with Crippen molar-refractivity contribution in [2.45, 2.75) is 17.7 Å². The van der Waals surface area contributed by atoms with Gasteiger partial charge in [0.1, 0.15) is 4.90 Å². The highest BCUT2D eigenvalue weighted by Gasteiger charge is 2.29. The Bertz CT molecular complexity index is 1070. The minimum atomic E-state index is -3.50. The summed E-state index contributed by atoms with van der Waals surface area (Å²) in [6, 6.07) is 12.8. The first kappa shape index (κ1) is 20.7. The van der Waals surface area contributed by atoms with E-state index in [4.69, 9.17) is 0 Å². The highest BCUT2D eigenvalue weighted by molar-refractivity contribution is 7.89. The van der Waals surface area contributed by atoms with E-state index in [2.05, 4.69) is 21.7 Å². The lowest BCUT2D eigenvalue weighted by molar-refractivity contribution is 0.0941. The van der Waals surface area contributed by atoms with Gasteiger partial charge in [0.05, 0.1) is 0 Å². The molecule has 0 atom stereocenters. The van der Waals surface area contributed by atoms with E-state index >= 15 is 0 Å². The van der Waals surface area contributed by atoms with E-state index in [0.717, 1.165) is 24.0 Å². The number of carbonyl (C=O) groups is 1. The first-order valence-corrected chi connectivity index (χ1v) is 12.2. The maximum Gasteiger partial charge on any atom is 0.251 e. The van der Waals surface area contributed by atoms with Crippen molar-refractivity contribution in [3.8, 4) is 11.1 Å². The first-order chi connectivity index (χ1) is 14.5. The average molecular weight is 442 g/mol.